The van der Waals surface area contributed by atoms with Gasteiger partial charge in [-0.3, -0.25) is 0 Å². The Kier molecular flexibility index (Phi) is 4.09. The topological polar surface area (TPSA) is 81.2 Å². The van der Waals surface area contributed by atoms with Crippen molar-refractivity contribution < 1.29 is 0 Å². The van der Waals surface area contributed by atoms with Crippen LogP contribution < -0.4 is 0 Å². The zero-order valence-corrected chi connectivity index (χ0v) is 17.0. The summed E-state index contributed by atoms with van der Waals surface area (Å²) in [5, 5.41) is 9.72. The molecule has 0 unspecified atom stereocenters. The highest BCUT2D eigenvalue weighted by Crippen LogP contribution is 2.32. The molecule has 32 heavy (non-hydrogen) atoms. The molecule has 0 aliphatic carbocycles. The Labute approximate surface area is 184 Å². The molecule has 2 aliphatic rings. The van der Waals surface area contributed by atoms with Gasteiger partial charge in [0, 0.05) is 33.2 Å². The second-order valence-corrected chi connectivity index (χ2v) is 7.71. The van der Waals surface area contributed by atoms with E-state index in [0.717, 1.165) is 56.0 Å². The Morgan fingerprint density at radius 2 is 1.28 bits per heavy atom. The van der Waals surface area contributed by atoms with Crippen molar-refractivity contribution in [3.8, 4) is 17.2 Å². The largest absolute Gasteiger partial charge is 0.355 e. The number of hydrogen-bond donors (Lipinski definition) is 2. The van der Waals surface area contributed by atoms with E-state index in [1.807, 2.05) is 91.0 Å². The summed E-state index contributed by atoms with van der Waals surface area (Å²) in [5.41, 5.74) is 9.56. The molecule has 6 rings (SSSR count). The van der Waals surface area contributed by atoms with Gasteiger partial charge in [-0.15, -0.1) is 0 Å². The van der Waals surface area contributed by atoms with Crippen molar-refractivity contribution >= 4 is 46.4 Å². The van der Waals surface area contributed by atoms with Gasteiger partial charge in [0.25, 0.3) is 0 Å². The van der Waals surface area contributed by atoms with E-state index in [2.05, 4.69) is 16.0 Å². The summed E-state index contributed by atoms with van der Waals surface area (Å²) in [6.45, 7) is 0. The number of aromatic amines is 2. The number of nitrogens with one attached hydrogen (secondary N) is 2. The number of benzene rings is 1. The third-order valence-electron chi connectivity index (χ3n) is 5.54. The third-order valence-corrected chi connectivity index (χ3v) is 5.54. The first-order valence-corrected chi connectivity index (χ1v) is 10.3. The van der Waals surface area contributed by atoms with E-state index < -0.39 is 0 Å². The van der Waals surface area contributed by atoms with E-state index in [1.54, 1.807) is 0 Å². The van der Waals surface area contributed by atoms with Gasteiger partial charge in [0.1, 0.15) is 0 Å². The molecule has 0 spiro atoms. The Morgan fingerprint density at radius 1 is 0.656 bits per heavy atom. The number of nitrogens with zero attached hydrogens (tertiary/aromatic N) is 3. The minimum atomic E-state index is 0.609. The molecule has 1 aromatic carbocycles. The maximum Gasteiger partial charge on any atom is 0.0998 e. The van der Waals surface area contributed by atoms with Crippen molar-refractivity contribution in [2.75, 3.05) is 0 Å². The average Bonchev–Trinajstić information content (AvgIpc) is 3.60. The van der Waals surface area contributed by atoms with Crippen LogP contribution in [0.25, 0.3) is 57.5 Å². The molecule has 0 atom stereocenters. The second kappa shape index (κ2) is 7.22. The van der Waals surface area contributed by atoms with Crippen LogP contribution in [0.1, 0.15) is 28.3 Å². The van der Waals surface area contributed by atoms with Crippen molar-refractivity contribution in [3.05, 3.63) is 95.1 Å². The van der Waals surface area contributed by atoms with Crippen LogP contribution in [0, 0.1) is 11.3 Å². The first-order chi connectivity index (χ1) is 15.7. The van der Waals surface area contributed by atoms with Gasteiger partial charge in [-0.25, -0.2) is 9.97 Å². The van der Waals surface area contributed by atoms with Gasteiger partial charge in [-0.1, -0.05) is 18.2 Å². The normalized spacial score (nSPS) is 12.1. The summed E-state index contributed by atoms with van der Waals surface area (Å²) in [4.78, 5) is 16.5. The highest BCUT2D eigenvalue weighted by molar-refractivity contribution is 5.92. The lowest BCUT2D eigenvalue weighted by atomic mass is 9.99. The lowest BCUT2D eigenvalue weighted by Crippen LogP contribution is -1.89. The summed E-state index contributed by atoms with van der Waals surface area (Å²) in [6, 6.07) is 24.1. The minimum absolute atomic E-state index is 0.609. The fourth-order valence-electron chi connectivity index (χ4n) is 4.09. The maximum absolute atomic E-state index is 9.72. The van der Waals surface area contributed by atoms with Gasteiger partial charge in [0.15, 0.2) is 0 Å². The van der Waals surface area contributed by atoms with E-state index in [-0.39, 0.29) is 0 Å². The van der Waals surface area contributed by atoms with Crippen molar-refractivity contribution in [1.29, 1.82) is 5.26 Å². The van der Waals surface area contributed by atoms with Crippen LogP contribution in [0.15, 0.2) is 66.7 Å². The molecule has 4 aromatic rings. The summed E-state index contributed by atoms with van der Waals surface area (Å²) in [5.74, 6) is 0. The molecule has 0 fully saturated rings. The van der Waals surface area contributed by atoms with Crippen LogP contribution in [0.3, 0.4) is 0 Å². The molecular weight excluding hydrogens is 394 g/mol. The highest BCUT2D eigenvalue weighted by atomic mass is 14.8. The maximum atomic E-state index is 9.72. The molecule has 150 valence electrons. The highest BCUT2D eigenvalue weighted by Gasteiger charge is 2.13. The Bertz CT molecular complexity index is 1640. The van der Waals surface area contributed by atoms with Gasteiger partial charge < -0.3 is 9.97 Å². The predicted octanol–water partition coefficient (Wildman–Crippen LogP) is 6.19. The van der Waals surface area contributed by atoms with Crippen LogP contribution >= 0.6 is 0 Å². The van der Waals surface area contributed by atoms with Crippen LogP contribution in [0.2, 0.25) is 0 Å². The average molecular weight is 411 g/mol. The standard InChI is InChI=1S/C27H17N5/c28-16-17-3-1-2-4-24(17)27-25-11-9-22(31-25)14-20-7-5-18(29-20)13-19-6-8-21(30-19)15-23-10-12-26(27)32-23/h1-15,29,32H. The molecule has 0 saturated heterocycles. The zero-order valence-electron chi connectivity index (χ0n) is 17.0. The van der Waals surface area contributed by atoms with E-state index in [0.29, 0.717) is 5.56 Å². The SMILES string of the molecule is N#Cc1ccccc1-c1c2nc(cc3ccc(cc4nc(cc5ccc1[nH]5)C=C4)[nH]3)C=C2. The molecule has 8 bridgehead atoms. The predicted molar refractivity (Wildman–Crippen MR) is 129 cm³/mol. The molecule has 3 aromatic heterocycles. The fraction of sp³-hybridized carbons (Fsp3) is 0. The zero-order chi connectivity index (χ0) is 21.5. The van der Waals surface area contributed by atoms with Gasteiger partial charge in [-0.2, -0.15) is 5.26 Å². The Morgan fingerprint density at radius 3 is 2.03 bits per heavy atom. The third kappa shape index (κ3) is 3.21. The van der Waals surface area contributed by atoms with Crippen LogP contribution in [0.4, 0.5) is 0 Å². The molecule has 5 nitrogen and oxygen atoms in total. The Balaban J connectivity index is 1.74. The Hall–Kier alpha value is -4.69. The van der Waals surface area contributed by atoms with Crippen LogP contribution in [0.5, 0.6) is 0 Å². The smallest absolute Gasteiger partial charge is 0.0998 e. The van der Waals surface area contributed by atoms with Gasteiger partial charge >= 0.3 is 0 Å². The number of hydrogen-bond acceptors (Lipinski definition) is 3. The summed E-state index contributed by atoms with van der Waals surface area (Å²) >= 11 is 0. The van der Waals surface area contributed by atoms with E-state index in [9.17, 15) is 5.26 Å². The van der Waals surface area contributed by atoms with Gasteiger partial charge in [-0.05, 0) is 72.8 Å². The van der Waals surface area contributed by atoms with Gasteiger partial charge in [0.2, 0.25) is 0 Å². The first kappa shape index (κ1) is 18.1. The number of nitriles is 1. The van der Waals surface area contributed by atoms with E-state index in [4.69, 9.17) is 9.97 Å². The van der Waals surface area contributed by atoms with Crippen LogP contribution in [-0.4, -0.2) is 19.9 Å². The van der Waals surface area contributed by atoms with Gasteiger partial charge in [0.05, 0.1) is 34.4 Å². The van der Waals surface area contributed by atoms with Crippen molar-refractivity contribution in [2.24, 2.45) is 0 Å². The number of fused-ring (bicyclic) bond motifs is 8. The van der Waals surface area contributed by atoms with Crippen molar-refractivity contribution in [2.45, 2.75) is 0 Å². The lowest BCUT2D eigenvalue weighted by molar-refractivity contribution is 1.31. The molecule has 2 N–H and O–H groups in total. The molecular formula is C27H17N5. The summed E-state index contributed by atoms with van der Waals surface area (Å²) in [6.07, 6.45) is 8.00. The summed E-state index contributed by atoms with van der Waals surface area (Å²) < 4.78 is 0. The molecule has 5 heterocycles. The monoisotopic (exact) mass is 411 g/mol. The first-order valence-electron chi connectivity index (χ1n) is 10.3. The summed E-state index contributed by atoms with van der Waals surface area (Å²) in [7, 11) is 0. The minimum Gasteiger partial charge on any atom is -0.355 e. The molecule has 0 amide bonds. The quantitative estimate of drug-likeness (QED) is 0.338. The molecule has 2 aliphatic heterocycles. The number of rotatable bonds is 1. The number of H-pyrrole nitrogens is 2. The van der Waals surface area contributed by atoms with Crippen molar-refractivity contribution in [3.63, 3.8) is 0 Å². The second-order valence-electron chi connectivity index (χ2n) is 7.71. The van der Waals surface area contributed by atoms with Crippen LogP contribution in [-0.2, 0) is 0 Å². The molecule has 0 saturated carbocycles. The number of aromatic nitrogens is 4. The fourth-order valence-corrected chi connectivity index (χ4v) is 4.09. The molecule has 0 radical (unpaired) electrons. The van der Waals surface area contributed by atoms with E-state index >= 15 is 0 Å². The molecule has 5 heteroatoms. The lowest BCUT2D eigenvalue weighted by Gasteiger charge is -2.05. The van der Waals surface area contributed by atoms with Crippen molar-refractivity contribution in [1.82, 2.24) is 19.9 Å². The van der Waals surface area contributed by atoms with E-state index in [1.165, 1.54) is 0 Å².